The van der Waals surface area contributed by atoms with Crippen LogP contribution in [0.15, 0.2) is 18.2 Å². The smallest absolute Gasteiger partial charge is 0.181 e. The van der Waals surface area contributed by atoms with Crippen molar-refractivity contribution in [3.63, 3.8) is 0 Å². The predicted octanol–water partition coefficient (Wildman–Crippen LogP) is 5.37. The Labute approximate surface area is 136 Å². The summed E-state index contributed by atoms with van der Waals surface area (Å²) in [4.78, 5) is 2.32. The highest BCUT2D eigenvalue weighted by atomic mass is 16.5. The zero-order valence-electron chi connectivity index (χ0n) is 14.6. The highest BCUT2D eigenvalue weighted by Gasteiger charge is 2.14. The number of unbranched alkanes of at least 4 members (excludes halogenated alkanes) is 4. The van der Waals surface area contributed by atoms with E-state index in [1.54, 1.807) is 0 Å². The number of anilines is 1. The molecular formula is C19H33NO2. The predicted molar refractivity (Wildman–Crippen MR) is 95.2 cm³/mol. The Morgan fingerprint density at radius 3 is 2.09 bits per heavy atom. The van der Waals surface area contributed by atoms with Crippen molar-refractivity contribution in [1.82, 2.24) is 0 Å². The molecule has 0 amide bonds. The highest BCUT2D eigenvalue weighted by molar-refractivity contribution is 5.63. The molecular weight excluding hydrogens is 274 g/mol. The largest absolute Gasteiger partial charge is 0.503 e. The van der Waals surface area contributed by atoms with Gasteiger partial charge in [-0.2, -0.15) is 0 Å². The van der Waals surface area contributed by atoms with Crippen molar-refractivity contribution in [1.29, 1.82) is 0 Å². The summed E-state index contributed by atoms with van der Waals surface area (Å²) in [7, 11) is 0. The van der Waals surface area contributed by atoms with Gasteiger partial charge in [0.05, 0.1) is 12.3 Å². The number of benzene rings is 1. The molecule has 0 atom stereocenters. The van der Waals surface area contributed by atoms with Gasteiger partial charge >= 0.3 is 0 Å². The summed E-state index contributed by atoms with van der Waals surface area (Å²) in [5, 5.41) is 10.5. The first-order chi connectivity index (χ1) is 10.7. The molecule has 0 spiro atoms. The zero-order chi connectivity index (χ0) is 16.2. The van der Waals surface area contributed by atoms with Gasteiger partial charge in [-0.05, 0) is 31.4 Å². The van der Waals surface area contributed by atoms with Gasteiger partial charge in [0.15, 0.2) is 11.5 Å². The Hall–Kier alpha value is -1.38. The van der Waals surface area contributed by atoms with Crippen LogP contribution in [0.2, 0.25) is 0 Å². The molecule has 0 bridgehead atoms. The van der Waals surface area contributed by atoms with Gasteiger partial charge in [-0.1, -0.05) is 52.5 Å². The minimum Gasteiger partial charge on any atom is -0.503 e. The Kier molecular flexibility index (Phi) is 9.52. The van der Waals surface area contributed by atoms with Crippen LogP contribution in [0.3, 0.4) is 0 Å². The molecule has 0 fully saturated rings. The number of aromatic hydroxyl groups is 1. The highest BCUT2D eigenvalue weighted by Crippen LogP contribution is 2.36. The van der Waals surface area contributed by atoms with Crippen molar-refractivity contribution in [2.45, 2.75) is 65.7 Å². The van der Waals surface area contributed by atoms with Crippen molar-refractivity contribution < 1.29 is 9.84 Å². The number of phenolic OH excluding ortho intramolecular Hbond substituents is 1. The molecule has 1 rings (SSSR count). The summed E-state index contributed by atoms with van der Waals surface area (Å²) >= 11 is 0. The number of hydrogen-bond acceptors (Lipinski definition) is 3. The second-order valence-corrected chi connectivity index (χ2v) is 5.87. The molecule has 1 aromatic rings. The number of phenols is 1. The lowest BCUT2D eigenvalue weighted by Crippen LogP contribution is -2.25. The molecule has 0 heterocycles. The van der Waals surface area contributed by atoms with Crippen molar-refractivity contribution in [2.75, 3.05) is 24.6 Å². The van der Waals surface area contributed by atoms with Crippen LogP contribution in [-0.4, -0.2) is 24.8 Å². The van der Waals surface area contributed by atoms with Crippen LogP contribution in [0.5, 0.6) is 11.5 Å². The molecule has 0 aliphatic rings. The average Bonchev–Trinajstić information content (AvgIpc) is 2.53. The summed E-state index contributed by atoms with van der Waals surface area (Å²) in [5.74, 6) is 0.902. The quantitative estimate of drug-likeness (QED) is 0.527. The van der Waals surface area contributed by atoms with Crippen molar-refractivity contribution in [3.05, 3.63) is 18.2 Å². The molecule has 126 valence electrons. The van der Waals surface area contributed by atoms with Crippen LogP contribution in [0.1, 0.15) is 65.7 Å². The van der Waals surface area contributed by atoms with Crippen molar-refractivity contribution in [3.8, 4) is 11.5 Å². The Morgan fingerprint density at radius 2 is 1.55 bits per heavy atom. The van der Waals surface area contributed by atoms with Gasteiger partial charge in [0.1, 0.15) is 0 Å². The monoisotopic (exact) mass is 307 g/mol. The molecule has 0 saturated heterocycles. The molecule has 0 aromatic heterocycles. The topological polar surface area (TPSA) is 32.7 Å². The first-order valence-corrected chi connectivity index (χ1v) is 8.94. The number of ether oxygens (including phenoxy) is 1. The van der Waals surface area contributed by atoms with Crippen molar-refractivity contribution >= 4 is 5.69 Å². The molecule has 0 saturated carbocycles. The first-order valence-electron chi connectivity index (χ1n) is 8.94. The number of hydrogen-bond donors (Lipinski definition) is 1. The van der Waals surface area contributed by atoms with Gasteiger partial charge < -0.3 is 14.7 Å². The molecule has 0 unspecified atom stereocenters. The minimum atomic E-state index is 0.295. The van der Waals surface area contributed by atoms with Crippen LogP contribution >= 0.6 is 0 Å². The Balaban J connectivity index is 2.81. The number of nitrogens with zero attached hydrogens (tertiary/aromatic N) is 1. The third-order valence-electron chi connectivity index (χ3n) is 3.84. The van der Waals surface area contributed by atoms with E-state index in [1.165, 1.54) is 38.5 Å². The van der Waals surface area contributed by atoms with Gasteiger partial charge in [0, 0.05) is 13.1 Å². The van der Waals surface area contributed by atoms with E-state index >= 15 is 0 Å². The minimum absolute atomic E-state index is 0.295. The van der Waals surface area contributed by atoms with Gasteiger partial charge in [-0.15, -0.1) is 0 Å². The molecule has 0 radical (unpaired) electrons. The second-order valence-electron chi connectivity index (χ2n) is 5.87. The second kappa shape index (κ2) is 11.2. The molecule has 1 aromatic carbocycles. The summed E-state index contributed by atoms with van der Waals surface area (Å²) < 4.78 is 5.65. The average molecular weight is 307 g/mol. The third-order valence-corrected chi connectivity index (χ3v) is 3.84. The number of para-hydroxylation sites is 1. The van der Waals surface area contributed by atoms with E-state index < -0.39 is 0 Å². The first kappa shape index (κ1) is 18.7. The van der Waals surface area contributed by atoms with Crippen LogP contribution < -0.4 is 9.64 Å². The SMILES string of the molecule is CCCCCN(CCCCC)c1cccc(OCCC)c1O. The summed E-state index contributed by atoms with van der Waals surface area (Å²) in [6.45, 7) is 9.16. The Morgan fingerprint density at radius 1 is 0.909 bits per heavy atom. The number of rotatable bonds is 12. The molecule has 1 N–H and O–H groups in total. The van der Waals surface area contributed by atoms with Gasteiger partial charge in [-0.25, -0.2) is 0 Å². The lowest BCUT2D eigenvalue weighted by Gasteiger charge is -2.26. The molecule has 3 heteroatoms. The molecule has 22 heavy (non-hydrogen) atoms. The Bertz CT molecular complexity index is 396. The molecule has 3 nitrogen and oxygen atoms in total. The third kappa shape index (κ3) is 6.17. The summed E-state index contributed by atoms with van der Waals surface area (Å²) in [6.07, 6.45) is 8.18. The van der Waals surface area contributed by atoms with Gasteiger partial charge in [0.25, 0.3) is 0 Å². The van der Waals surface area contributed by atoms with E-state index in [1.807, 2.05) is 18.2 Å². The fraction of sp³-hybridized carbons (Fsp3) is 0.684. The van der Waals surface area contributed by atoms with Crippen LogP contribution in [0.25, 0.3) is 0 Å². The summed E-state index contributed by atoms with van der Waals surface area (Å²) in [6, 6.07) is 5.84. The van der Waals surface area contributed by atoms with E-state index in [9.17, 15) is 5.11 Å². The molecule has 0 aliphatic heterocycles. The van der Waals surface area contributed by atoms with Crippen LogP contribution in [0.4, 0.5) is 5.69 Å². The van der Waals surface area contributed by atoms with Crippen molar-refractivity contribution in [2.24, 2.45) is 0 Å². The zero-order valence-corrected chi connectivity index (χ0v) is 14.6. The fourth-order valence-electron chi connectivity index (χ4n) is 2.55. The van der Waals surface area contributed by atoms with E-state index in [0.29, 0.717) is 18.1 Å². The standard InChI is InChI=1S/C19H33NO2/c1-4-7-9-14-20(15-10-8-5-2)17-12-11-13-18(19(17)21)22-16-6-3/h11-13,21H,4-10,14-16H2,1-3H3. The van der Waals surface area contributed by atoms with E-state index in [0.717, 1.165) is 25.2 Å². The summed E-state index contributed by atoms with van der Waals surface area (Å²) in [5.41, 5.74) is 0.917. The van der Waals surface area contributed by atoms with Gasteiger partial charge in [0.2, 0.25) is 0 Å². The van der Waals surface area contributed by atoms with E-state index in [4.69, 9.17) is 4.74 Å². The van der Waals surface area contributed by atoms with E-state index in [2.05, 4.69) is 25.7 Å². The lowest BCUT2D eigenvalue weighted by molar-refractivity contribution is 0.299. The fourth-order valence-corrected chi connectivity index (χ4v) is 2.55. The maximum Gasteiger partial charge on any atom is 0.181 e. The van der Waals surface area contributed by atoms with Crippen LogP contribution in [0, 0.1) is 0 Å². The maximum atomic E-state index is 10.5. The molecule has 0 aliphatic carbocycles. The van der Waals surface area contributed by atoms with Gasteiger partial charge in [-0.3, -0.25) is 0 Å². The van der Waals surface area contributed by atoms with Crippen LogP contribution in [-0.2, 0) is 0 Å². The van der Waals surface area contributed by atoms with E-state index in [-0.39, 0.29) is 0 Å². The maximum absolute atomic E-state index is 10.5. The lowest BCUT2D eigenvalue weighted by atomic mass is 10.1. The normalized spacial score (nSPS) is 10.7.